The summed E-state index contributed by atoms with van der Waals surface area (Å²) in [5, 5.41) is 9.50. The number of alkyl halides is 4. The van der Waals surface area contributed by atoms with Gasteiger partial charge < -0.3 is 15.6 Å². The topological polar surface area (TPSA) is 97.5 Å². The second-order valence-electron chi connectivity index (χ2n) is 4.99. The van der Waals surface area contributed by atoms with Crippen LogP contribution in [-0.4, -0.2) is 41.1 Å². The highest BCUT2D eigenvalue weighted by Gasteiger charge is 2.71. The lowest BCUT2D eigenvalue weighted by molar-refractivity contribution is -0.227. The van der Waals surface area contributed by atoms with Crippen molar-refractivity contribution in [3.05, 3.63) is 40.8 Å². The summed E-state index contributed by atoms with van der Waals surface area (Å²) in [5.41, 5.74) is -2.29. The third kappa shape index (κ3) is 2.33. The van der Waals surface area contributed by atoms with Crippen LogP contribution in [0.2, 0.25) is 0 Å². The van der Waals surface area contributed by atoms with Crippen molar-refractivity contribution in [3.63, 3.8) is 0 Å². The van der Waals surface area contributed by atoms with Gasteiger partial charge in [-0.05, 0) is 6.07 Å². The van der Waals surface area contributed by atoms with Crippen molar-refractivity contribution in [3.8, 4) is 0 Å². The molecule has 3 unspecified atom stereocenters. The van der Waals surface area contributed by atoms with Gasteiger partial charge in [-0.2, -0.15) is 13.2 Å². The molecule has 0 saturated carbocycles. The minimum Gasteiger partial charge on any atom is -0.479 e. The number of aromatic nitrogens is 1. The predicted octanol–water partition coefficient (Wildman–Crippen LogP) is 1.62. The summed E-state index contributed by atoms with van der Waals surface area (Å²) in [6, 6.07) is 2.53. The largest absolute Gasteiger partial charge is 0.479 e. The third-order valence-electron chi connectivity index (χ3n) is 3.74. The summed E-state index contributed by atoms with van der Waals surface area (Å²) in [5.74, 6) is -2.40. The van der Waals surface area contributed by atoms with Crippen molar-refractivity contribution in [1.82, 2.24) is 10.3 Å². The average Bonchev–Trinajstić information content (AvgIpc) is 2.53. The molecule has 3 atom stereocenters. The van der Waals surface area contributed by atoms with Crippen molar-refractivity contribution in [2.45, 2.75) is 23.6 Å². The zero-order chi connectivity index (χ0) is 18.3. The van der Waals surface area contributed by atoms with Crippen LogP contribution in [0.5, 0.6) is 0 Å². The molecule has 2 heterocycles. The average molecular weight is 370 g/mol. The smallest absolute Gasteiger partial charge is 0.422 e. The first kappa shape index (κ1) is 18.4. The Morgan fingerprint density at radius 2 is 2.17 bits per heavy atom. The molecule has 1 aliphatic rings. The maximum Gasteiger partial charge on any atom is 0.422 e. The van der Waals surface area contributed by atoms with Crippen LogP contribution in [0.1, 0.15) is 5.56 Å². The van der Waals surface area contributed by atoms with E-state index in [9.17, 15) is 27.5 Å². The number of halogens is 5. The van der Waals surface area contributed by atoms with Gasteiger partial charge in [-0.15, -0.1) is 0 Å². The van der Waals surface area contributed by atoms with Crippen LogP contribution >= 0.6 is 11.6 Å². The number of nitrogens with two attached hydrogens (primary N) is 1. The van der Waals surface area contributed by atoms with Gasteiger partial charge in [0.05, 0.1) is 10.7 Å². The Bertz CT molecular complexity index is 685. The van der Waals surface area contributed by atoms with Gasteiger partial charge in [0.15, 0.2) is 11.9 Å². The van der Waals surface area contributed by atoms with Crippen molar-refractivity contribution in [1.29, 1.82) is 0 Å². The van der Waals surface area contributed by atoms with Gasteiger partial charge in [-0.1, -0.05) is 17.7 Å². The van der Waals surface area contributed by atoms with Crippen molar-refractivity contribution >= 4 is 17.6 Å². The highest BCUT2D eigenvalue weighted by Crippen LogP contribution is 2.48. The van der Waals surface area contributed by atoms with Gasteiger partial charge in [-0.25, -0.2) is 9.18 Å². The normalized spacial score (nSPS) is 31.2. The van der Waals surface area contributed by atoms with Crippen molar-refractivity contribution in [2.24, 2.45) is 5.73 Å². The van der Waals surface area contributed by atoms with Gasteiger partial charge in [0, 0.05) is 25.1 Å². The molecule has 0 aromatic carbocycles. The SMILES string of the molecule is COC1(c2cccnc2)NC(C(=O)O)(C(F)(F)F)C(Cl)=C(N)C1F. The number of rotatable bonds is 3. The first-order valence-electron chi connectivity index (χ1n) is 6.39. The van der Waals surface area contributed by atoms with E-state index < -0.39 is 40.3 Å². The summed E-state index contributed by atoms with van der Waals surface area (Å²) in [6.07, 6.45) is -5.51. The number of carbonyl (C=O) groups is 1. The van der Waals surface area contributed by atoms with E-state index in [0.717, 1.165) is 13.3 Å². The number of hydrogen-bond donors (Lipinski definition) is 3. The first-order chi connectivity index (χ1) is 11.0. The molecule has 2 rings (SSSR count). The van der Waals surface area contributed by atoms with Crippen LogP contribution in [-0.2, 0) is 15.3 Å². The zero-order valence-corrected chi connectivity index (χ0v) is 12.8. The van der Waals surface area contributed by atoms with Crippen LogP contribution < -0.4 is 11.1 Å². The second-order valence-corrected chi connectivity index (χ2v) is 5.37. The van der Waals surface area contributed by atoms with Gasteiger partial charge in [0.1, 0.15) is 0 Å². The number of nitrogens with zero attached hydrogens (tertiary/aromatic N) is 1. The summed E-state index contributed by atoms with van der Waals surface area (Å²) >= 11 is 5.52. The van der Waals surface area contributed by atoms with Crippen molar-refractivity contribution < 1.29 is 32.2 Å². The first-order valence-corrected chi connectivity index (χ1v) is 6.77. The van der Waals surface area contributed by atoms with Crippen LogP contribution in [0.15, 0.2) is 35.3 Å². The number of hydrogen-bond acceptors (Lipinski definition) is 5. The van der Waals surface area contributed by atoms with Crippen LogP contribution in [0, 0.1) is 0 Å². The van der Waals surface area contributed by atoms with Gasteiger partial charge >= 0.3 is 12.1 Å². The second kappa shape index (κ2) is 5.87. The molecule has 1 aliphatic heterocycles. The third-order valence-corrected chi connectivity index (χ3v) is 4.25. The summed E-state index contributed by atoms with van der Waals surface area (Å²) < 4.78 is 60.5. The molecule has 4 N–H and O–H groups in total. The molecule has 11 heteroatoms. The highest BCUT2D eigenvalue weighted by molar-refractivity contribution is 6.33. The zero-order valence-electron chi connectivity index (χ0n) is 12.1. The molecule has 24 heavy (non-hydrogen) atoms. The molecular formula is C13H12ClF4N3O3. The monoisotopic (exact) mass is 369 g/mol. The number of nitrogens with one attached hydrogen (secondary N) is 1. The molecule has 6 nitrogen and oxygen atoms in total. The van der Waals surface area contributed by atoms with E-state index in [1.54, 1.807) is 5.32 Å². The Hall–Kier alpha value is -1.91. The van der Waals surface area contributed by atoms with E-state index >= 15 is 0 Å². The lowest BCUT2D eigenvalue weighted by Gasteiger charge is -2.48. The number of pyridine rings is 1. The number of methoxy groups -OCH3 is 1. The standard InChI is InChI=1S/C13H12ClF4N3O3/c1-24-12(6-3-2-4-20-5-6)9(15)7(19)8(14)11(21-12,10(22)23)13(16,17)18/h2-5,9,21H,19H2,1H3,(H,22,23). The lowest BCUT2D eigenvalue weighted by Crippen LogP contribution is -2.74. The van der Waals surface area contributed by atoms with Gasteiger partial charge in [0.2, 0.25) is 0 Å². The fourth-order valence-corrected chi connectivity index (χ4v) is 2.81. The molecule has 1 aromatic heterocycles. The number of carboxylic acids is 1. The molecular weight excluding hydrogens is 358 g/mol. The molecule has 0 saturated heterocycles. The molecule has 0 radical (unpaired) electrons. The highest BCUT2D eigenvalue weighted by atomic mass is 35.5. The summed E-state index contributed by atoms with van der Waals surface area (Å²) in [4.78, 5) is 15.2. The Kier molecular flexibility index (Phi) is 4.51. The molecule has 0 fully saturated rings. The van der Waals surface area contributed by atoms with Crippen LogP contribution in [0.3, 0.4) is 0 Å². The number of carboxylic acid groups (broad SMARTS) is 1. The van der Waals surface area contributed by atoms with E-state index in [-0.39, 0.29) is 5.56 Å². The van der Waals surface area contributed by atoms with Crippen LogP contribution in [0.4, 0.5) is 17.6 Å². The molecule has 132 valence electrons. The number of aliphatic carboxylic acids is 1. The fourth-order valence-electron chi connectivity index (χ4n) is 2.48. The lowest BCUT2D eigenvalue weighted by atomic mass is 9.83. The molecule has 0 bridgehead atoms. The van der Waals surface area contributed by atoms with E-state index in [0.29, 0.717) is 0 Å². The Morgan fingerprint density at radius 1 is 1.54 bits per heavy atom. The maximum absolute atomic E-state index is 14.8. The van der Waals surface area contributed by atoms with E-state index in [4.69, 9.17) is 22.1 Å². The maximum atomic E-state index is 14.8. The molecule has 0 aliphatic carbocycles. The van der Waals surface area contributed by atoms with E-state index in [2.05, 4.69) is 4.98 Å². The predicted molar refractivity (Wildman–Crippen MR) is 74.4 cm³/mol. The van der Waals surface area contributed by atoms with Gasteiger partial charge in [-0.3, -0.25) is 10.3 Å². The Morgan fingerprint density at radius 3 is 2.58 bits per heavy atom. The van der Waals surface area contributed by atoms with Crippen molar-refractivity contribution in [2.75, 3.05) is 7.11 Å². The molecule has 1 aromatic rings. The fraction of sp³-hybridized carbons (Fsp3) is 0.385. The summed E-state index contributed by atoms with van der Waals surface area (Å²) in [7, 11) is 0.905. The molecule has 0 spiro atoms. The molecule has 0 amide bonds. The minimum atomic E-state index is -5.44. The van der Waals surface area contributed by atoms with E-state index in [1.807, 2.05) is 0 Å². The number of ether oxygens (including phenoxy) is 1. The van der Waals surface area contributed by atoms with E-state index in [1.165, 1.54) is 18.3 Å². The van der Waals surface area contributed by atoms with Crippen LogP contribution in [0.25, 0.3) is 0 Å². The Labute approximate surface area is 138 Å². The summed E-state index contributed by atoms with van der Waals surface area (Å²) in [6.45, 7) is 0. The minimum absolute atomic E-state index is 0.193. The van der Waals surface area contributed by atoms with Gasteiger partial charge in [0.25, 0.3) is 5.54 Å². The Balaban J connectivity index is 2.81. The quantitative estimate of drug-likeness (QED) is 0.700.